The Kier molecular flexibility index (Phi) is 11.2. The van der Waals surface area contributed by atoms with Crippen molar-refractivity contribution >= 4 is 28.7 Å². The fourth-order valence-corrected chi connectivity index (χ4v) is 10.0. The van der Waals surface area contributed by atoms with Crippen molar-refractivity contribution in [1.82, 2.24) is 30.2 Å². The van der Waals surface area contributed by atoms with Gasteiger partial charge in [0, 0.05) is 91.5 Å². The molecule has 1 aliphatic carbocycles. The van der Waals surface area contributed by atoms with Gasteiger partial charge in [0.2, 0.25) is 0 Å². The Morgan fingerprint density at radius 2 is 1.20 bits per heavy atom. The van der Waals surface area contributed by atoms with E-state index in [1.54, 1.807) is 0 Å². The van der Waals surface area contributed by atoms with Gasteiger partial charge in [-0.1, -0.05) is 20.8 Å². The lowest BCUT2D eigenvalue weighted by molar-refractivity contribution is 0.0677. The Balaban J connectivity index is 1.47. The van der Waals surface area contributed by atoms with E-state index in [0.29, 0.717) is 6.54 Å². The normalized spacial score (nSPS) is 27.0. The molecule has 40 heavy (non-hydrogen) atoms. The van der Waals surface area contributed by atoms with Crippen molar-refractivity contribution in [3.8, 4) is 0 Å². The third-order valence-corrected chi connectivity index (χ3v) is 13.7. The summed E-state index contributed by atoms with van der Waals surface area (Å²) in [4.78, 5) is 35.1. The van der Waals surface area contributed by atoms with Gasteiger partial charge in [-0.25, -0.2) is 9.59 Å². The highest BCUT2D eigenvalue weighted by Gasteiger charge is 2.42. The Morgan fingerprint density at radius 1 is 0.750 bits per heavy atom. The first kappa shape index (κ1) is 33.3. The molecule has 0 radical (unpaired) electrons. The molecule has 1 saturated carbocycles. The van der Waals surface area contributed by atoms with E-state index in [-0.39, 0.29) is 28.9 Å². The molecule has 0 aromatic rings. The van der Waals surface area contributed by atoms with Crippen molar-refractivity contribution in [2.75, 3.05) is 85.5 Å². The maximum atomic E-state index is 13.2. The number of carbonyl (C=O) groups is 2. The van der Waals surface area contributed by atoms with E-state index in [0.717, 1.165) is 84.0 Å². The maximum absolute atomic E-state index is 13.2. The molecule has 2 N–H and O–H groups in total. The number of nitrogens with zero attached hydrogens (tertiary/aromatic N) is 4. The first-order valence-electron chi connectivity index (χ1n) is 15.2. The van der Waals surface area contributed by atoms with Crippen LogP contribution in [0.15, 0.2) is 0 Å². The molecule has 2 atom stereocenters. The molecule has 0 spiro atoms. The summed E-state index contributed by atoms with van der Waals surface area (Å²) < 4.78 is 11.4. The average molecular weight is 599 g/mol. The fourth-order valence-electron chi connectivity index (χ4n) is 6.96. The molecule has 3 aliphatic rings. The van der Waals surface area contributed by atoms with Gasteiger partial charge in [-0.3, -0.25) is 0 Å². The summed E-state index contributed by atoms with van der Waals surface area (Å²) in [5, 5.41) is 6.63. The van der Waals surface area contributed by atoms with Crippen molar-refractivity contribution in [2.24, 2.45) is 10.8 Å². The number of hydrogen-bond acceptors (Lipinski definition) is 6. The highest BCUT2D eigenvalue weighted by Crippen LogP contribution is 2.45. The van der Waals surface area contributed by atoms with Gasteiger partial charge in [-0.2, -0.15) is 0 Å². The Morgan fingerprint density at radius 3 is 1.65 bits per heavy atom. The maximum Gasteiger partial charge on any atom is 0.317 e. The number of carbonyl (C=O) groups excluding carboxylic acids is 2. The second-order valence-electron chi connectivity index (χ2n) is 14.8. The van der Waals surface area contributed by atoms with Gasteiger partial charge in [0.15, 0.2) is 16.6 Å². The molecule has 3 rings (SSSR count). The lowest BCUT2D eigenvalue weighted by Crippen LogP contribution is -2.58. The van der Waals surface area contributed by atoms with E-state index in [9.17, 15) is 9.59 Å². The molecule has 0 aromatic carbocycles. The molecule has 2 saturated heterocycles. The predicted molar refractivity (Wildman–Crippen MR) is 166 cm³/mol. The molecular formula is C28H58N6O4Si2. The van der Waals surface area contributed by atoms with Crippen LogP contribution in [0.5, 0.6) is 0 Å². The zero-order valence-corrected chi connectivity index (χ0v) is 28.9. The minimum Gasteiger partial charge on any atom is -0.419 e. The van der Waals surface area contributed by atoms with Crippen LogP contribution in [-0.4, -0.2) is 140 Å². The predicted octanol–water partition coefficient (Wildman–Crippen LogP) is 3.01. The van der Waals surface area contributed by atoms with Crippen molar-refractivity contribution in [2.45, 2.75) is 72.3 Å². The van der Waals surface area contributed by atoms with E-state index >= 15 is 0 Å². The van der Waals surface area contributed by atoms with Crippen LogP contribution in [-0.2, 0) is 8.85 Å². The van der Waals surface area contributed by atoms with Crippen molar-refractivity contribution in [3.05, 3.63) is 0 Å². The molecule has 2 unspecified atom stereocenters. The minimum atomic E-state index is -1.65. The SMILES string of the molecule is CO[Si](C)(C)CN1CCN(C(=O)NCC2(C)CC(NC(=O)N3CCN(C[Si](C)(C)OC)CC3)CC(C)(C)C2)CC1. The standard InChI is InChI=1S/C28H58N6O4Si2/c1-27(2)18-24(30-26(36)34-16-12-32(13-17-34)23-40(8,9)38-5)19-28(3,20-27)21-29-25(35)33-14-10-31(11-15-33)22-39(6,7)37-4/h24H,10-23H2,1-9H3,(H,29,35)(H,30,36). The van der Waals surface area contributed by atoms with Crippen LogP contribution in [0.25, 0.3) is 0 Å². The number of nitrogens with one attached hydrogen (secondary N) is 2. The van der Waals surface area contributed by atoms with Crippen LogP contribution in [0.3, 0.4) is 0 Å². The van der Waals surface area contributed by atoms with E-state index in [1.807, 2.05) is 24.0 Å². The van der Waals surface area contributed by atoms with Gasteiger partial charge < -0.3 is 39.1 Å². The summed E-state index contributed by atoms with van der Waals surface area (Å²) >= 11 is 0. The second kappa shape index (κ2) is 13.4. The monoisotopic (exact) mass is 598 g/mol. The second-order valence-corrected chi connectivity index (χ2v) is 23.3. The van der Waals surface area contributed by atoms with E-state index < -0.39 is 16.6 Å². The van der Waals surface area contributed by atoms with Crippen LogP contribution >= 0.6 is 0 Å². The van der Waals surface area contributed by atoms with Crippen molar-refractivity contribution in [3.63, 3.8) is 0 Å². The molecule has 2 aliphatic heterocycles. The van der Waals surface area contributed by atoms with E-state index in [1.165, 1.54) is 0 Å². The summed E-state index contributed by atoms with van der Waals surface area (Å²) in [6.45, 7) is 23.0. The quantitative estimate of drug-likeness (QED) is 0.397. The topological polar surface area (TPSA) is 89.6 Å². The minimum absolute atomic E-state index is 0.0330. The first-order valence-corrected chi connectivity index (χ1v) is 21.4. The summed E-state index contributed by atoms with van der Waals surface area (Å²) in [5.41, 5.74) is 0.0225. The Hall–Kier alpha value is -1.19. The lowest BCUT2D eigenvalue weighted by atomic mass is 9.62. The highest BCUT2D eigenvalue weighted by molar-refractivity contribution is 6.71. The third kappa shape index (κ3) is 9.97. The fraction of sp³-hybridized carbons (Fsp3) is 0.929. The van der Waals surface area contributed by atoms with Gasteiger partial charge >= 0.3 is 12.1 Å². The van der Waals surface area contributed by atoms with Crippen LogP contribution < -0.4 is 10.6 Å². The molecule has 12 heteroatoms. The highest BCUT2D eigenvalue weighted by atomic mass is 28.4. The summed E-state index contributed by atoms with van der Waals surface area (Å²) in [6, 6.07) is 0.188. The van der Waals surface area contributed by atoms with Gasteiger partial charge in [0.25, 0.3) is 0 Å². The van der Waals surface area contributed by atoms with Gasteiger partial charge in [-0.05, 0) is 56.3 Å². The van der Waals surface area contributed by atoms with Gasteiger partial charge in [0.05, 0.1) is 0 Å². The molecule has 0 bridgehead atoms. The summed E-state index contributed by atoms with van der Waals surface area (Å²) in [7, 11) is 0.322. The molecule has 10 nitrogen and oxygen atoms in total. The molecule has 3 fully saturated rings. The van der Waals surface area contributed by atoms with Crippen LogP contribution in [0.2, 0.25) is 26.2 Å². The molecule has 2 heterocycles. The molecule has 4 amide bonds. The molecular weight excluding hydrogens is 541 g/mol. The zero-order valence-electron chi connectivity index (χ0n) is 26.9. The van der Waals surface area contributed by atoms with Crippen LogP contribution in [0, 0.1) is 10.8 Å². The van der Waals surface area contributed by atoms with Gasteiger partial charge in [0.1, 0.15) is 0 Å². The van der Waals surface area contributed by atoms with Crippen molar-refractivity contribution < 1.29 is 18.4 Å². The smallest absolute Gasteiger partial charge is 0.317 e. The van der Waals surface area contributed by atoms with Crippen LogP contribution in [0.1, 0.15) is 40.0 Å². The number of hydrogen-bond donors (Lipinski definition) is 2. The third-order valence-electron chi connectivity index (χ3n) is 9.07. The Labute approximate surface area is 245 Å². The van der Waals surface area contributed by atoms with E-state index in [4.69, 9.17) is 8.85 Å². The number of amides is 4. The number of piperazine rings is 2. The van der Waals surface area contributed by atoms with E-state index in [2.05, 4.69) is 67.4 Å². The zero-order chi connectivity index (χ0) is 29.8. The molecule has 232 valence electrons. The van der Waals surface area contributed by atoms with Gasteiger partial charge in [-0.15, -0.1) is 0 Å². The summed E-state index contributed by atoms with van der Waals surface area (Å²) in [5.74, 6) is 0. The molecule has 0 aromatic heterocycles. The number of rotatable bonds is 9. The summed E-state index contributed by atoms with van der Waals surface area (Å²) in [6.07, 6.45) is 4.86. The first-order chi connectivity index (χ1) is 18.5. The largest absolute Gasteiger partial charge is 0.419 e. The van der Waals surface area contributed by atoms with Crippen molar-refractivity contribution in [1.29, 1.82) is 0 Å². The average Bonchev–Trinajstić information content (AvgIpc) is 2.86. The number of urea groups is 2. The Bertz CT molecular complexity index is 860. The van der Waals surface area contributed by atoms with Crippen LogP contribution in [0.4, 0.5) is 9.59 Å². The lowest BCUT2D eigenvalue weighted by Gasteiger charge is -2.47.